The van der Waals surface area contributed by atoms with Crippen LogP contribution in [0.4, 0.5) is 13.2 Å². The number of benzene rings is 1. The molecular formula is C15H17F3N2. The molecule has 108 valence electrons. The number of fused-ring (bicyclic) bond motifs is 5. The van der Waals surface area contributed by atoms with Gasteiger partial charge in [-0.3, -0.25) is 11.3 Å². The van der Waals surface area contributed by atoms with Crippen molar-refractivity contribution in [3.05, 3.63) is 35.1 Å². The molecule has 4 rings (SSSR count). The summed E-state index contributed by atoms with van der Waals surface area (Å²) in [7, 11) is 0. The molecule has 5 unspecified atom stereocenters. The highest BCUT2D eigenvalue weighted by Crippen LogP contribution is 2.72. The van der Waals surface area contributed by atoms with Crippen molar-refractivity contribution in [2.75, 3.05) is 0 Å². The molecule has 3 fully saturated rings. The molecular weight excluding hydrogens is 265 g/mol. The highest BCUT2D eigenvalue weighted by Gasteiger charge is 2.67. The van der Waals surface area contributed by atoms with Gasteiger partial charge in [0, 0.05) is 5.56 Å². The van der Waals surface area contributed by atoms with Crippen LogP contribution in [0.3, 0.4) is 0 Å². The van der Waals surface area contributed by atoms with Crippen molar-refractivity contribution >= 4 is 0 Å². The van der Waals surface area contributed by atoms with E-state index in [4.69, 9.17) is 5.84 Å². The molecule has 0 aromatic heterocycles. The molecule has 3 aliphatic rings. The Morgan fingerprint density at radius 3 is 2.30 bits per heavy atom. The van der Waals surface area contributed by atoms with E-state index in [0.717, 1.165) is 17.9 Å². The number of hydrazine groups is 1. The summed E-state index contributed by atoms with van der Waals surface area (Å²) in [5, 5.41) is 0. The average molecular weight is 282 g/mol. The van der Waals surface area contributed by atoms with Gasteiger partial charge in [-0.15, -0.1) is 0 Å². The first-order valence-corrected chi connectivity index (χ1v) is 7.23. The first-order valence-electron chi connectivity index (χ1n) is 7.23. The molecule has 3 aliphatic carbocycles. The summed E-state index contributed by atoms with van der Waals surface area (Å²) in [6.45, 7) is 0. The minimum atomic E-state index is -1.41. The minimum absolute atomic E-state index is 0.158. The van der Waals surface area contributed by atoms with E-state index in [9.17, 15) is 13.2 Å². The predicted molar refractivity (Wildman–Crippen MR) is 67.7 cm³/mol. The minimum Gasteiger partial charge on any atom is -0.271 e. The van der Waals surface area contributed by atoms with Crippen LogP contribution in [0.15, 0.2) is 12.1 Å². The molecule has 3 saturated carbocycles. The Hall–Kier alpha value is -1.07. The third-order valence-corrected chi connectivity index (χ3v) is 5.76. The Kier molecular flexibility index (Phi) is 2.67. The number of rotatable bonds is 3. The van der Waals surface area contributed by atoms with Gasteiger partial charge in [0.05, 0.1) is 6.04 Å². The van der Waals surface area contributed by atoms with Gasteiger partial charge >= 0.3 is 0 Å². The number of hydrogen-bond donors (Lipinski definition) is 2. The van der Waals surface area contributed by atoms with Crippen LogP contribution in [0.2, 0.25) is 0 Å². The molecule has 5 heteroatoms. The van der Waals surface area contributed by atoms with E-state index in [0.29, 0.717) is 11.8 Å². The fourth-order valence-electron chi connectivity index (χ4n) is 5.03. The molecule has 20 heavy (non-hydrogen) atoms. The fraction of sp³-hybridized carbons (Fsp3) is 0.600. The molecule has 0 heterocycles. The fourth-order valence-corrected chi connectivity index (χ4v) is 5.03. The zero-order chi connectivity index (χ0) is 14.0. The lowest BCUT2D eigenvalue weighted by molar-refractivity contribution is 0.356. The van der Waals surface area contributed by atoms with E-state index < -0.39 is 23.5 Å². The van der Waals surface area contributed by atoms with Crippen LogP contribution in [-0.2, 0) is 0 Å². The lowest BCUT2D eigenvalue weighted by Gasteiger charge is -2.21. The summed E-state index contributed by atoms with van der Waals surface area (Å²) in [5.74, 6) is 4.80. The Morgan fingerprint density at radius 2 is 1.70 bits per heavy atom. The zero-order valence-corrected chi connectivity index (χ0v) is 11.0. The Bertz CT molecular complexity index is 546. The molecule has 0 radical (unpaired) electrons. The normalized spacial score (nSPS) is 38.9. The van der Waals surface area contributed by atoms with Crippen LogP contribution in [0.25, 0.3) is 0 Å². The smallest absolute Gasteiger partial charge is 0.194 e. The van der Waals surface area contributed by atoms with Crippen LogP contribution in [0.1, 0.15) is 30.9 Å². The van der Waals surface area contributed by atoms with Crippen LogP contribution < -0.4 is 11.3 Å². The van der Waals surface area contributed by atoms with E-state index in [-0.39, 0.29) is 11.5 Å². The van der Waals surface area contributed by atoms with Crippen LogP contribution >= 0.6 is 0 Å². The largest absolute Gasteiger partial charge is 0.271 e. The van der Waals surface area contributed by atoms with Gasteiger partial charge in [0.15, 0.2) is 17.5 Å². The van der Waals surface area contributed by atoms with Crippen molar-refractivity contribution in [1.82, 2.24) is 5.43 Å². The third-order valence-electron chi connectivity index (χ3n) is 5.76. The van der Waals surface area contributed by atoms with Crippen molar-refractivity contribution in [2.45, 2.75) is 25.3 Å². The van der Waals surface area contributed by atoms with Crippen molar-refractivity contribution in [3.63, 3.8) is 0 Å². The van der Waals surface area contributed by atoms with Gasteiger partial charge in [0.2, 0.25) is 0 Å². The van der Waals surface area contributed by atoms with E-state index >= 15 is 0 Å². The maximum atomic E-state index is 14.0. The Labute approximate surface area is 115 Å². The molecule has 5 atom stereocenters. The van der Waals surface area contributed by atoms with Crippen molar-refractivity contribution in [3.8, 4) is 0 Å². The molecule has 0 spiro atoms. The second kappa shape index (κ2) is 4.21. The molecule has 3 N–H and O–H groups in total. The summed E-state index contributed by atoms with van der Waals surface area (Å²) in [6.07, 6.45) is 3.78. The molecule has 0 amide bonds. The highest BCUT2D eigenvalue weighted by molar-refractivity contribution is 5.28. The molecule has 2 nitrogen and oxygen atoms in total. The van der Waals surface area contributed by atoms with Gasteiger partial charge in [-0.25, -0.2) is 13.2 Å². The second-order valence-corrected chi connectivity index (χ2v) is 6.47. The zero-order valence-electron chi connectivity index (χ0n) is 11.0. The number of nitrogens with two attached hydrogens (primary N) is 1. The Balaban J connectivity index is 1.66. The van der Waals surface area contributed by atoms with Crippen LogP contribution in [-0.4, -0.2) is 0 Å². The van der Waals surface area contributed by atoms with E-state index in [1.54, 1.807) is 0 Å². The first kappa shape index (κ1) is 12.7. The molecule has 0 saturated heterocycles. The third kappa shape index (κ3) is 1.53. The monoisotopic (exact) mass is 282 g/mol. The van der Waals surface area contributed by atoms with Crippen molar-refractivity contribution in [1.29, 1.82) is 0 Å². The van der Waals surface area contributed by atoms with Crippen molar-refractivity contribution < 1.29 is 13.2 Å². The van der Waals surface area contributed by atoms with E-state index in [1.165, 1.54) is 25.3 Å². The first-order chi connectivity index (χ1) is 9.63. The van der Waals surface area contributed by atoms with E-state index in [1.807, 2.05) is 0 Å². The highest BCUT2D eigenvalue weighted by atomic mass is 19.2. The molecule has 2 bridgehead atoms. The molecule has 1 aromatic rings. The lowest BCUT2D eigenvalue weighted by Crippen LogP contribution is -2.32. The Morgan fingerprint density at radius 1 is 1.05 bits per heavy atom. The van der Waals surface area contributed by atoms with Crippen molar-refractivity contribution in [2.24, 2.45) is 35.4 Å². The maximum Gasteiger partial charge on any atom is 0.194 e. The average Bonchev–Trinajstić information content (AvgIpc) is 2.86. The van der Waals surface area contributed by atoms with Crippen LogP contribution in [0, 0.1) is 47.0 Å². The number of halogens is 3. The van der Waals surface area contributed by atoms with Gasteiger partial charge in [0.1, 0.15) is 0 Å². The summed E-state index contributed by atoms with van der Waals surface area (Å²) in [6, 6.07) is 1.88. The second-order valence-electron chi connectivity index (χ2n) is 6.47. The van der Waals surface area contributed by atoms with E-state index in [2.05, 4.69) is 5.43 Å². The summed E-state index contributed by atoms with van der Waals surface area (Å²) in [5.41, 5.74) is 2.79. The van der Waals surface area contributed by atoms with Crippen LogP contribution in [0.5, 0.6) is 0 Å². The van der Waals surface area contributed by atoms with Gasteiger partial charge in [0.25, 0.3) is 0 Å². The predicted octanol–water partition coefficient (Wildman–Crippen LogP) is 2.90. The topological polar surface area (TPSA) is 38.0 Å². The maximum absolute atomic E-state index is 14.0. The standard InChI is InChI=1S/C15H17F3N2/c16-9-4-3-8(13(17)14(9)18)15(20-19)12-10-6-1-2-7(5-6)11(10)12/h3-4,6-7,10-12,15,20H,1-2,5,19H2. The summed E-state index contributed by atoms with van der Waals surface area (Å²) < 4.78 is 40.4. The van der Waals surface area contributed by atoms with Gasteiger partial charge in [-0.2, -0.15) is 0 Å². The van der Waals surface area contributed by atoms with Gasteiger partial charge in [-0.1, -0.05) is 6.07 Å². The lowest BCUT2D eigenvalue weighted by atomic mass is 9.93. The molecule has 0 aliphatic heterocycles. The van der Waals surface area contributed by atoms with Gasteiger partial charge < -0.3 is 0 Å². The SMILES string of the molecule is NNC(c1ccc(F)c(F)c1F)C1C2C3CCC(C3)C21. The van der Waals surface area contributed by atoms with Gasteiger partial charge in [-0.05, 0) is 54.9 Å². The number of nitrogens with one attached hydrogen (secondary N) is 1. The molecule has 1 aromatic carbocycles. The summed E-state index contributed by atoms with van der Waals surface area (Å²) >= 11 is 0. The quantitative estimate of drug-likeness (QED) is 0.508. The summed E-state index contributed by atoms with van der Waals surface area (Å²) in [4.78, 5) is 0. The number of hydrogen-bond acceptors (Lipinski definition) is 2.